The highest BCUT2D eigenvalue weighted by Crippen LogP contribution is 2.25. The molecule has 6 heteroatoms. The fraction of sp³-hybridized carbons (Fsp3) is 0.588. The molecule has 2 aromatic heterocycles. The first kappa shape index (κ1) is 14.5. The van der Waals surface area contributed by atoms with Crippen molar-refractivity contribution >= 4 is 11.8 Å². The third-order valence-electron chi connectivity index (χ3n) is 4.79. The fourth-order valence-corrected chi connectivity index (χ4v) is 3.38. The summed E-state index contributed by atoms with van der Waals surface area (Å²) in [7, 11) is 0. The highest BCUT2D eigenvalue weighted by atomic mass is 16.5. The van der Waals surface area contributed by atoms with Crippen molar-refractivity contribution in [3.05, 3.63) is 29.3 Å². The summed E-state index contributed by atoms with van der Waals surface area (Å²) < 4.78 is 5.10. The van der Waals surface area contributed by atoms with Gasteiger partial charge in [0.25, 0.3) is 0 Å². The molecule has 4 rings (SSSR count). The van der Waals surface area contributed by atoms with Gasteiger partial charge in [0, 0.05) is 49.9 Å². The van der Waals surface area contributed by atoms with E-state index in [0.717, 1.165) is 62.2 Å². The second-order valence-corrected chi connectivity index (χ2v) is 6.38. The summed E-state index contributed by atoms with van der Waals surface area (Å²) in [5.74, 6) is 1.93. The number of aromatic nitrogens is 3. The minimum absolute atomic E-state index is 0.818. The van der Waals surface area contributed by atoms with Crippen molar-refractivity contribution in [3.63, 3.8) is 0 Å². The zero-order valence-electron chi connectivity index (χ0n) is 13.7. The minimum atomic E-state index is 0.818. The van der Waals surface area contributed by atoms with E-state index in [4.69, 9.17) is 14.5 Å². The predicted octanol–water partition coefficient (Wildman–Crippen LogP) is 2.58. The van der Waals surface area contributed by atoms with Crippen molar-refractivity contribution in [2.24, 2.45) is 0 Å². The van der Waals surface area contributed by atoms with E-state index in [9.17, 15) is 0 Å². The van der Waals surface area contributed by atoms with Crippen LogP contribution in [0.4, 0.5) is 11.8 Å². The summed E-state index contributed by atoms with van der Waals surface area (Å²) in [5, 5.41) is 4.07. The van der Waals surface area contributed by atoms with E-state index in [2.05, 4.69) is 27.9 Å². The standard InChI is InChI=1S/C17H23N5O/c1-2-14-10-16(19-17(18-14)21-7-4-3-5-8-21)22-9-6-15-13(11-22)12-23-20-15/h10,12H,2-9,11H2,1H3. The maximum Gasteiger partial charge on any atom is 0.227 e. The Hall–Kier alpha value is -2.11. The number of aryl methyl sites for hydroxylation is 1. The number of rotatable bonds is 3. The van der Waals surface area contributed by atoms with Gasteiger partial charge < -0.3 is 14.3 Å². The van der Waals surface area contributed by atoms with Crippen molar-refractivity contribution in [2.45, 2.75) is 45.6 Å². The van der Waals surface area contributed by atoms with E-state index >= 15 is 0 Å². The molecule has 2 aliphatic heterocycles. The number of fused-ring (bicyclic) bond motifs is 1. The van der Waals surface area contributed by atoms with Crippen LogP contribution in [0.15, 0.2) is 16.9 Å². The van der Waals surface area contributed by atoms with Crippen molar-refractivity contribution < 1.29 is 4.52 Å². The fourth-order valence-electron chi connectivity index (χ4n) is 3.38. The van der Waals surface area contributed by atoms with Gasteiger partial charge in [0.2, 0.25) is 5.95 Å². The van der Waals surface area contributed by atoms with Crippen LogP contribution in [0.25, 0.3) is 0 Å². The van der Waals surface area contributed by atoms with Gasteiger partial charge in [-0.1, -0.05) is 12.1 Å². The smallest absolute Gasteiger partial charge is 0.227 e. The van der Waals surface area contributed by atoms with E-state index in [0.29, 0.717) is 0 Å². The molecule has 6 nitrogen and oxygen atoms in total. The lowest BCUT2D eigenvalue weighted by molar-refractivity contribution is 0.412. The third-order valence-corrected chi connectivity index (χ3v) is 4.79. The highest BCUT2D eigenvalue weighted by Gasteiger charge is 2.22. The van der Waals surface area contributed by atoms with Gasteiger partial charge in [-0.05, 0) is 25.7 Å². The Labute approximate surface area is 136 Å². The summed E-state index contributed by atoms with van der Waals surface area (Å²) >= 11 is 0. The number of hydrogen-bond acceptors (Lipinski definition) is 6. The van der Waals surface area contributed by atoms with Gasteiger partial charge in [-0.25, -0.2) is 4.98 Å². The molecule has 0 radical (unpaired) electrons. The summed E-state index contributed by atoms with van der Waals surface area (Å²) in [5.41, 5.74) is 3.38. The van der Waals surface area contributed by atoms with Gasteiger partial charge in [0.05, 0.1) is 5.69 Å². The topological polar surface area (TPSA) is 58.3 Å². The summed E-state index contributed by atoms with van der Waals surface area (Å²) in [6.45, 7) is 6.04. The molecule has 0 unspecified atom stereocenters. The molecule has 0 bridgehead atoms. The van der Waals surface area contributed by atoms with Crippen molar-refractivity contribution in [3.8, 4) is 0 Å². The number of nitrogens with zero attached hydrogens (tertiary/aromatic N) is 5. The van der Waals surface area contributed by atoms with E-state index < -0.39 is 0 Å². The number of hydrogen-bond donors (Lipinski definition) is 0. The Bertz CT molecular complexity index is 677. The van der Waals surface area contributed by atoms with E-state index in [1.807, 2.05) is 0 Å². The number of anilines is 2. The van der Waals surface area contributed by atoms with E-state index in [-0.39, 0.29) is 0 Å². The molecule has 122 valence electrons. The molecular weight excluding hydrogens is 290 g/mol. The van der Waals surface area contributed by atoms with E-state index in [1.54, 1.807) is 6.26 Å². The van der Waals surface area contributed by atoms with Crippen LogP contribution in [-0.2, 0) is 19.4 Å². The molecule has 0 spiro atoms. The lowest BCUT2D eigenvalue weighted by atomic mass is 10.1. The molecule has 0 atom stereocenters. The second-order valence-electron chi connectivity index (χ2n) is 6.38. The lowest BCUT2D eigenvalue weighted by Gasteiger charge is -2.30. The minimum Gasteiger partial charge on any atom is -0.364 e. The molecule has 2 aliphatic rings. The van der Waals surface area contributed by atoms with E-state index in [1.165, 1.54) is 24.8 Å². The van der Waals surface area contributed by atoms with Gasteiger partial charge in [0.15, 0.2) is 0 Å². The van der Waals surface area contributed by atoms with Crippen LogP contribution in [0, 0.1) is 0 Å². The average molecular weight is 313 g/mol. The number of piperidine rings is 1. The monoisotopic (exact) mass is 313 g/mol. The largest absolute Gasteiger partial charge is 0.364 e. The molecule has 0 amide bonds. The molecule has 0 saturated carbocycles. The van der Waals surface area contributed by atoms with Crippen LogP contribution >= 0.6 is 0 Å². The van der Waals surface area contributed by atoms with Crippen molar-refractivity contribution in [1.29, 1.82) is 0 Å². The van der Waals surface area contributed by atoms with Crippen molar-refractivity contribution in [1.82, 2.24) is 15.1 Å². The Balaban J connectivity index is 1.62. The Morgan fingerprint density at radius 2 is 1.96 bits per heavy atom. The molecule has 1 fully saturated rings. The first-order valence-corrected chi connectivity index (χ1v) is 8.63. The molecule has 0 N–H and O–H groups in total. The molecule has 23 heavy (non-hydrogen) atoms. The van der Waals surface area contributed by atoms with Gasteiger partial charge in [0.1, 0.15) is 12.1 Å². The van der Waals surface area contributed by atoms with Crippen LogP contribution in [0.3, 0.4) is 0 Å². The summed E-state index contributed by atoms with van der Waals surface area (Å²) in [6, 6.07) is 2.13. The quantitative estimate of drug-likeness (QED) is 0.868. The average Bonchev–Trinajstić information content (AvgIpc) is 3.09. The van der Waals surface area contributed by atoms with Crippen LogP contribution in [-0.4, -0.2) is 34.8 Å². The Kier molecular flexibility index (Phi) is 3.89. The maximum atomic E-state index is 5.10. The normalized spacial score (nSPS) is 18.1. The molecule has 4 heterocycles. The lowest BCUT2D eigenvalue weighted by Crippen LogP contribution is -2.34. The second kappa shape index (κ2) is 6.18. The molecular formula is C17H23N5O. The highest BCUT2D eigenvalue weighted by molar-refractivity contribution is 5.48. The SMILES string of the molecule is CCc1cc(N2CCc3nocc3C2)nc(N2CCCCC2)n1. The van der Waals surface area contributed by atoms with Gasteiger partial charge >= 0.3 is 0 Å². The zero-order valence-corrected chi connectivity index (χ0v) is 13.7. The van der Waals surface area contributed by atoms with Crippen LogP contribution < -0.4 is 9.80 Å². The molecule has 0 aromatic carbocycles. The molecule has 2 aromatic rings. The van der Waals surface area contributed by atoms with Gasteiger partial charge in [-0.3, -0.25) is 0 Å². The summed E-state index contributed by atoms with van der Waals surface area (Å²) in [4.78, 5) is 14.3. The predicted molar refractivity (Wildman–Crippen MR) is 88.7 cm³/mol. The first-order valence-electron chi connectivity index (χ1n) is 8.63. The van der Waals surface area contributed by atoms with Crippen molar-refractivity contribution in [2.75, 3.05) is 29.4 Å². The summed E-state index contributed by atoms with van der Waals surface area (Å²) in [6.07, 6.45) is 7.40. The maximum absolute atomic E-state index is 5.10. The zero-order chi connectivity index (χ0) is 15.6. The van der Waals surface area contributed by atoms with Crippen LogP contribution in [0.5, 0.6) is 0 Å². The van der Waals surface area contributed by atoms with Crippen LogP contribution in [0.1, 0.15) is 43.1 Å². The Morgan fingerprint density at radius 3 is 2.78 bits per heavy atom. The first-order chi connectivity index (χ1) is 11.3. The Morgan fingerprint density at radius 1 is 1.09 bits per heavy atom. The molecule has 0 aliphatic carbocycles. The van der Waals surface area contributed by atoms with Crippen LogP contribution in [0.2, 0.25) is 0 Å². The molecule has 1 saturated heterocycles. The third kappa shape index (κ3) is 2.90. The van der Waals surface area contributed by atoms with Gasteiger partial charge in [-0.15, -0.1) is 0 Å². The van der Waals surface area contributed by atoms with Gasteiger partial charge in [-0.2, -0.15) is 4.98 Å².